The van der Waals surface area contributed by atoms with Crippen LogP contribution in [0.25, 0.3) is 0 Å². The van der Waals surface area contributed by atoms with Crippen molar-refractivity contribution in [1.29, 1.82) is 0 Å². The summed E-state index contributed by atoms with van der Waals surface area (Å²) in [6.45, 7) is 43.6. The van der Waals surface area contributed by atoms with Gasteiger partial charge in [-0.2, -0.15) is 0 Å². The van der Waals surface area contributed by atoms with Gasteiger partial charge in [-0.3, -0.25) is 4.79 Å². The Labute approximate surface area is 297 Å². The van der Waals surface area contributed by atoms with Crippen molar-refractivity contribution in [1.82, 2.24) is 0 Å². The van der Waals surface area contributed by atoms with Gasteiger partial charge in [0.25, 0.3) is 0 Å². The molecule has 48 heavy (non-hydrogen) atoms. The van der Waals surface area contributed by atoms with Crippen LogP contribution in [0.1, 0.15) is 171 Å². The Morgan fingerprint density at radius 1 is 0.500 bits per heavy atom. The van der Waals surface area contributed by atoms with Crippen LogP contribution in [0.15, 0.2) is 69.3 Å². The van der Waals surface area contributed by atoms with Crippen molar-refractivity contribution in [2.24, 2.45) is 0 Å². The van der Waals surface area contributed by atoms with E-state index in [1.807, 2.05) is 6.92 Å². The maximum absolute atomic E-state index is 14.2. The van der Waals surface area contributed by atoms with E-state index in [0.29, 0.717) is 6.42 Å². The minimum atomic E-state index is -2.67. The molecule has 3 aromatic rings. The highest BCUT2D eigenvalue weighted by atomic mass is 32.3. The Morgan fingerprint density at radius 3 is 1.02 bits per heavy atom. The molecule has 0 bridgehead atoms. The Morgan fingerprint density at radius 2 is 0.792 bits per heavy atom. The zero-order chi connectivity index (χ0) is 37.1. The molecular formula is C45H68O2S. The highest BCUT2D eigenvalue weighted by molar-refractivity contribution is 8.30. The number of benzene rings is 3. The molecular weight excluding hydrogens is 605 g/mol. The van der Waals surface area contributed by atoms with Crippen LogP contribution in [0.4, 0.5) is 0 Å². The maximum atomic E-state index is 14.2. The smallest absolute Gasteiger partial charge is 0.316 e. The average molecular weight is 673 g/mol. The zero-order valence-electron chi connectivity index (χ0n) is 34.1. The van der Waals surface area contributed by atoms with Crippen LogP contribution in [0.2, 0.25) is 0 Å². The number of hydrogen-bond donors (Lipinski definition) is 0. The molecule has 0 aromatic heterocycles. The lowest BCUT2D eigenvalue weighted by molar-refractivity contribution is -0.133. The van der Waals surface area contributed by atoms with E-state index in [1.165, 1.54) is 43.2 Å². The predicted octanol–water partition coefficient (Wildman–Crippen LogP) is 13.6. The van der Waals surface area contributed by atoms with Crippen molar-refractivity contribution in [3.05, 3.63) is 88.0 Å². The fourth-order valence-corrected chi connectivity index (χ4v) is 10.8. The summed E-state index contributed by atoms with van der Waals surface area (Å²) in [5.41, 5.74) is 6.53. The standard InChI is InChI=1S/C45H68O2S/c1-20-37(46)47-48(32-24-22-21-23-25-32,38-33(42(8,9)10)26-30(40(2,3)4)27-34(38)43(11,12)13)39-35(44(14,15)16)28-31(41(5,6)7)29-36(39)45(17,18)19/h21-29H,20H2,1-19H3. The number of carbonyl (C=O) groups is 1. The second-order valence-electron chi connectivity index (χ2n) is 20.0. The maximum Gasteiger partial charge on any atom is 0.316 e. The Bertz CT molecular complexity index is 1450. The van der Waals surface area contributed by atoms with Gasteiger partial charge in [0, 0.05) is 21.1 Å². The van der Waals surface area contributed by atoms with Gasteiger partial charge in [0.2, 0.25) is 0 Å². The first-order valence-corrected chi connectivity index (χ1v) is 19.5. The molecule has 0 N–H and O–H groups in total. The van der Waals surface area contributed by atoms with Gasteiger partial charge < -0.3 is 4.18 Å². The third kappa shape index (κ3) is 8.09. The van der Waals surface area contributed by atoms with Crippen LogP contribution in [0.3, 0.4) is 0 Å². The molecule has 0 radical (unpaired) electrons. The first-order chi connectivity index (χ1) is 21.5. The summed E-state index contributed by atoms with van der Waals surface area (Å²) < 4.78 is 7.38. The topological polar surface area (TPSA) is 26.3 Å². The number of rotatable bonds is 5. The third-order valence-corrected chi connectivity index (χ3v) is 12.7. The lowest BCUT2D eigenvalue weighted by Gasteiger charge is -2.50. The van der Waals surface area contributed by atoms with Crippen molar-refractivity contribution >= 4 is 16.3 Å². The van der Waals surface area contributed by atoms with E-state index < -0.39 is 10.3 Å². The van der Waals surface area contributed by atoms with Crippen LogP contribution in [0.5, 0.6) is 0 Å². The zero-order valence-corrected chi connectivity index (χ0v) is 34.9. The first-order valence-electron chi connectivity index (χ1n) is 18.0. The summed E-state index contributed by atoms with van der Waals surface area (Å²) in [6, 6.07) is 20.5. The van der Waals surface area contributed by atoms with Crippen LogP contribution < -0.4 is 0 Å². The molecule has 266 valence electrons. The van der Waals surface area contributed by atoms with Crippen molar-refractivity contribution in [2.45, 2.75) is 185 Å². The van der Waals surface area contributed by atoms with Gasteiger partial charge in [-0.1, -0.05) is 174 Å². The van der Waals surface area contributed by atoms with Gasteiger partial charge in [0.05, 0.1) is 0 Å². The molecule has 0 heterocycles. The molecule has 0 aliphatic rings. The molecule has 2 nitrogen and oxygen atoms in total. The quantitative estimate of drug-likeness (QED) is 0.270. The molecule has 3 aromatic carbocycles. The lowest BCUT2D eigenvalue weighted by Crippen LogP contribution is -2.30. The van der Waals surface area contributed by atoms with E-state index in [9.17, 15) is 4.79 Å². The normalized spacial score (nSPS) is 14.2. The summed E-state index contributed by atoms with van der Waals surface area (Å²) in [5.74, 6) is -0.173. The van der Waals surface area contributed by atoms with Crippen molar-refractivity contribution in [3.8, 4) is 0 Å². The summed E-state index contributed by atoms with van der Waals surface area (Å²) >= 11 is 0. The summed E-state index contributed by atoms with van der Waals surface area (Å²) in [4.78, 5) is 17.7. The van der Waals surface area contributed by atoms with Crippen LogP contribution in [-0.4, -0.2) is 5.97 Å². The van der Waals surface area contributed by atoms with Crippen molar-refractivity contribution in [3.63, 3.8) is 0 Å². The van der Waals surface area contributed by atoms with Gasteiger partial charge in [-0.05, 0) is 88.3 Å². The monoisotopic (exact) mass is 672 g/mol. The molecule has 0 saturated carbocycles. The van der Waals surface area contributed by atoms with E-state index in [4.69, 9.17) is 4.18 Å². The van der Waals surface area contributed by atoms with Gasteiger partial charge in [0.15, 0.2) is 0 Å². The average Bonchev–Trinajstić information content (AvgIpc) is 2.92. The molecule has 0 unspecified atom stereocenters. The third-order valence-electron chi connectivity index (χ3n) is 9.30. The second-order valence-corrected chi connectivity index (χ2v) is 22.5. The Kier molecular flexibility index (Phi) is 10.8. The van der Waals surface area contributed by atoms with E-state index in [1.54, 1.807) is 0 Å². The number of hydrogen-bond acceptors (Lipinski definition) is 2. The second kappa shape index (κ2) is 13.0. The summed E-state index contributed by atoms with van der Waals surface area (Å²) in [5, 5.41) is 0. The molecule has 0 amide bonds. The van der Waals surface area contributed by atoms with Gasteiger partial charge in [-0.15, -0.1) is 0 Å². The van der Waals surface area contributed by atoms with Crippen molar-refractivity contribution < 1.29 is 8.98 Å². The minimum Gasteiger partial charge on any atom is -0.402 e. The lowest BCUT2D eigenvalue weighted by atomic mass is 9.75. The van der Waals surface area contributed by atoms with E-state index in [2.05, 4.69) is 179 Å². The molecule has 3 rings (SSSR count). The van der Waals surface area contributed by atoms with Gasteiger partial charge in [-0.25, -0.2) is 0 Å². The highest BCUT2D eigenvalue weighted by Gasteiger charge is 2.48. The molecule has 3 heteroatoms. The van der Waals surface area contributed by atoms with Crippen molar-refractivity contribution in [2.75, 3.05) is 0 Å². The van der Waals surface area contributed by atoms with Crippen LogP contribution >= 0.6 is 10.3 Å². The molecule has 0 spiro atoms. The molecule has 0 fully saturated rings. The Hall–Kier alpha value is -2.52. The predicted molar refractivity (Wildman–Crippen MR) is 210 cm³/mol. The van der Waals surface area contributed by atoms with Crippen LogP contribution in [-0.2, 0) is 41.5 Å². The molecule has 0 saturated heterocycles. The van der Waals surface area contributed by atoms with Gasteiger partial charge in [0.1, 0.15) is 0 Å². The summed E-state index contributed by atoms with van der Waals surface area (Å²) in [6.07, 6.45) is 0.299. The molecule has 0 aliphatic carbocycles. The molecule has 0 atom stereocenters. The molecule has 0 aliphatic heterocycles. The minimum absolute atomic E-state index is 0.0646. The van der Waals surface area contributed by atoms with E-state index in [-0.39, 0.29) is 38.5 Å². The highest BCUT2D eigenvalue weighted by Crippen LogP contribution is 2.75. The van der Waals surface area contributed by atoms with Crippen LogP contribution in [0, 0.1) is 0 Å². The van der Waals surface area contributed by atoms with Gasteiger partial charge >= 0.3 is 5.97 Å². The largest absolute Gasteiger partial charge is 0.402 e. The fourth-order valence-electron chi connectivity index (χ4n) is 6.25. The fraction of sp³-hybridized carbons (Fsp3) is 0.578. The SMILES string of the molecule is CCC(=O)OS(c1ccccc1)(c1c(C(C)(C)C)cc(C(C)(C)C)cc1C(C)(C)C)c1c(C(C)(C)C)cc(C(C)(C)C)cc1C(C)(C)C. The van der Waals surface area contributed by atoms with E-state index >= 15 is 0 Å². The summed E-state index contributed by atoms with van der Waals surface area (Å²) in [7, 11) is -2.67. The first kappa shape index (κ1) is 39.9. The number of carbonyl (C=O) groups excluding carboxylic acids is 1. The Balaban J connectivity index is 3.01. The van der Waals surface area contributed by atoms with E-state index in [0.717, 1.165) is 4.90 Å².